The van der Waals surface area contributed by atoms with Gasteiger partial charge in [-0.1, -0.05) is 0 Å². The summed E-state index contributed by atoms with van der Waals surface area (Å²) < 4.78 is 6.31. The zero-order valence-corrected chi connectivity index (χ0v) is 16.2. The Morgan fingerprint density at radius 1 is 1.04 bits per heavy atom. The fourth-order valence-electron chi connectivity index (χ4n) is 3.75. The number of H-pyrrole nitrogens is 1. The van der Waals surface area contributed by atoms with Crippen LogP contribution in [0.2, 0.25) is 0 Å². The Hall–Kier alpha value is -1.18. The average Bonchev–Trinajstić information content (AvgIpc) is 3.35. The number of piperidine rings is 1. The second kappa shape index (κ2) is 6.85. The van der Waals surface area contributed by atoms with Crippen LogP contribution in [0.4, 0.5) is 0 Å². The van der Waals surface area contributed by atoms with E-state index in [0.717, 1.165) is 44.7 Å². The molecule has 0 amide bonds. The molecule has 1 spiro atoms. The summed E-state index contributed by atoms with van der Waals surface area (Å²) >= 11 is 3.76. The SMILES string of the molecule is Cl.c1cc(-c2ccc(-c3cc4c(s3)C3(CCNCC3)OCC4)s2)[nH]n1. The lowest BCUT2D eigenvalue weighted by Gasteiger charge is -2.40. The molecule has 3 aromatic rings. The zero-order valence-electron chi connectivity index (χ0n) is 13.7. The third-order valence-electron chi connectivity index (χ3n) is 5.00. The highest BCUT2D eigenvalue weighted by Gasteiger charge is 2.40. The first-order valence-electron chi connectivity index (χ1n) is 8.42. The first-order valence-corrected chi connectivity index (χ1v) is 10.1. The number of rotatable bonds is 2. The van der Waals surface area contributed by atoms with Gasteiger partial charge in [0.25, 0.3) is 0 Å². The minimum absolute atomic E-state index is 0. The van der Waals surface area contributed by atoms with Gasteiger partial charge in [-0.05, 0) is 62.2 Å². The van der Waals surface area contributed by atoms with Crippen LogP contribution in [0.1, 0.15) is 23.3 Å². The normalized spacial score (nSPS) is 18.7. The highest BCUT2D eigenvalue weighted by Crippen LogP contribution is 2.48. The van der Waals surface area contributed by atoms with Gasteiger partial charge in [-0.2, -0.15) is 5.10 Å². The molecule has 0 saturated carbocycles. The topological polar surface area (TPSA) is 49.9 Å². The Morgan fingerprint density at radius 2 is 1.88 bits per heavy atom. The average molecular weight is 394 g/mol. The predicted octanol–water partition coefficient (Wildman–Crippen LogP) is 4.44. The number of aromatic amines is 1. The Labute approximate surface area is 161 Å². The van der Waals surface area contributed by atoms with Crippen LogP contribution in [-0.4, -0.2) is 29.9 Å². The summed E-state index contributed by atoms with van der Waals surface area (Å²) in [5, 5.41) is 10.6. The molecule has 1 saturated heterocycles. The molecule has 3 aromatic heterocycles. The molecular formula is C18H20ClN3OS2. The van der Waals surface area contributed by atoms with E-state index in [2.05, 4.69) is 33.7 Å². The van der Waals surface area contributed by atoms with Crippen LogP contribution in [0.5, 0.6) is 0 Å². The van der Waals surface area contributed by atoms with Crippen molar-refractivity contribution < 1.29 is 4.74 Å². The van der Waals surface area contributed by atoms with Crippen molar-refractivity contribution in [3.05, 3.63) is 40.9 Å². The Kier molecular flexibility index (Phi) is 4.73. The van der Waals surface area contributed by atoms with Gasteiger partial charge in [-0.25, -0.2) is 0 Å². The molecule has 0 atom stereocenters. The molecule has 0 bridgehead atoms. The van der Waals surface area contributed by atoms with Crippen LogP contribution >= 0.6 is 35.1 Å². The number of hydrogen-bond acceptors (Lipinski definition) is 5. The molecule has 1 fully saturated rings. The van der Waals surface area contributed by atoms with E-state index in [1.54, 1.807) is 6.20 Å². The molecule has 2 aliphatic rings. The molecular weight excluding hydrogens is 374 g/mol. The van der Waals surface area contributed by atoms with Gasteiger partial charge in [0.05, 0.1) is 17.2 Å². The lowest BCUT2D eigenvalue weighted by Crippen LogP contribution is -2.43. The van der Waals surface area contributed by atoms with Crippen LogP contribution in [0.15, 0.2) is 30.5 Å². The van der Waals surface area contributed by atoms with Gasteiger partial charge in [0, 0.05) is 20.8 Å². The van der Waals surface area contributed by atoms with Crippen LogP contribution in [0.3, 0.4) is 0 Å². The van der Waals surface area contributed by atoms with E-state index in [1.807, 2.05) is 28.7 Å². The molecule has 7 heteroatoms. The van der Waals surface area contributed by atoms with Gasteiger partial charge in [-0.15, -0.1) is 35.1 Å². The highest BCUT2D eigenvalue weighted by molar-refractivity contribution is 7.24. The largest absolute Gasteiger partial charge is 0.369 e. The van der Waals surface area contributed by atoms with Crippen LogP contribution in [0, 0.1) is 0 Å². The van der Waals surface area contributed by atoms with Crippen molar-refractivity contribution >= 4 is 35.1 Å². The number of thiophene rings is 2. The minimum Gasteiger partial charge on any atom is -0.369 e. The van der Waals surface area contributed by atoms with Crippen molar-refractivity contribution in [1.82, 2.24) is 15.5 Å². The third kappa shape index (κ3) is 2.96. The van der Waals surface area contributed by atoms with Crippen molar-refractivity contribution in [2.24, 2.45) is 0 Å². The summed E-state index contributed by atoms with van der Waals surface area (Å²) in [6.07, 6.45) is 5.02. The maximum absolute atomic E-state index is 6.31. The molecule has 2 N–H and O–H groups in total. The monoisotopic (exact) mass is 393 g/mol. The molecule has 0 aliphatic carbocycles. The van der Waals surface area contributed by atoms with E-state index in [9.17, 15) is 0 Å². The summed E-state index contributed by atoms with van der Waals surface area (Å²) in [6, 6.07) is 8.83. The molecule has 0 radical (unpaired) electrons. The van der Waals surface area contributed by atoms with Crippen LogP contribution in [0.25, 0.3) is 20.3 Å². The van der Waals surface area contributed by atoms with E-state index in [0.29, 0.717) is 0 Å². The van der Waals surface area contributed by atoms with Crippen molar-refractivity contribution in [2.75, 3.05) is 19.7 Å². The fourth-order valence-corrected chi connectivity index (χ4v) is 6.23. The quantitative estimate of drug-likeness (QED) is 0.676. The molecule has 0 unspecified atom stereocenters. The molecule has 132 valence electrons. The number of aromatic nitrogens is 2. The number of hydrogen-bond donors (Lipinski definition) is 2. The molecule has 5 heterocycles. The van der Waals surface area contributed by atoms with Gasteiger partial charge in [0.1, 0.15) is 5.60 Å². The maximum atomic E-state index is 6.31. The van der Waals surface area contributed by atoms with Gasteiger partial charge >= 0.3 is 0 Å². The van der Waals surface area contributed by atoms with Crippen molar-refractivity contribution in [3.8, 4) is 20.3 Å². The number of ether oxygens (including phenoxy) is 1. The first kappa shape index (κ1) is 17.2. The van der Waals surface area contributed by atoms with Crippen molar-refractivity contribution in [1.29, 1.82) is 0 Å². The van der Waals surface area contributed by atoms with Crippen LogP contribution in [-0.2, 0) is 16.8 Å². The molecule has 0 aromatic carbocycles. The highest BCUT2D eigenvalue weighted by atomic mass is 35.5. The zero-order chi connectivity index (χ0) is 16.0. The van der Waals surface area contributed by atoms with Gasteiger partial charge < -0.3 is 10.1 Å². The molecule has 25 heavy (non-hydrogen) atoms. The lowest BCUT2D eigenvalue weighted by molar-refractivity contribution is -0.0771. The predicted molar refractivity (Wildman–Crippen MR) is 106 cm³/mol. The van der Waals surface area contributed by atoms with E-state index in [4.69, 9.17) is 4.74 Å². The van der Waals surface area contributed by atoms with E-state index < -0.39 is 0 Å². The minimum atomic E-state index is -0.0365. The second-order valence-electron chi connectivity index (χ2n) is 6.44. The van der Waals surface area contributed by atoms with Crippen molar-refractivity contribution in [3.63, 3.8) is 0 Å². The Bertz CT molecular complexity index is 850. The number of halogens is 1. The van der Waals surface area contributed by atoms with Gasteiger partial charge in [0.2, 0.25) is 0 Å². The van der Waals surface area contributed by atoms with Gasteiger partial charge in [-0.3, -0.25) is 5.10 Å². The second-order valence-corrected chi connectivity index (χ2v) is 8.58. The third-order valence-corrected chi connectivity index (χ3v) is 7.68. The molecule has 2 aliphatic heterocycles. The van der Waals surface area contributed by atoms with E-state index in [-0.39, 0.29) is 18.0 Å². The number of nitrogens with zero attached hydrogens (tertiary/aromatic N) is 1. The van der Waals surface area contributed by atoms with E-state index >= 15 is 0 Å². The lowest BCUT2D eigenvalue weighted by atomic mass is 9.86. The summed E-state index contributed by atoms with van der Waals surface area (Å²) in [7, 11) is 0. The Morgan fingerprint density at radius 3 is 2.68 bits per heavy atom. The van der Waals surface area contributed by atoms with Crippen LogP contribution < -0.4 is 5.32 Å². The van der Waals surface area contributed by atoms with Gasteiger partial charge in [0.15, 0.2) is 0 Å². The smallest absolute Gasteiger partial charge is 0.105 e. The first-order chi connectivity index (χ1) is 11.8. The standard InChI is InChI=1S/C18H19N3OS2.ClH/c1-2-15(23-14(1)13-3-7-20-21-13)16-11-12-4-10-22-18(17(12)24-16)5-8-19-9-6-18;/h1-3,7,11,19H,4-6,8-10H2,(H,20,21);1H. The fraction of sp³-hybridized carbons (Fsp3) is 0.389. The van der Waals surface area contributed by atoms with Crippen molar-refractivity contribution in [2.45, 2.75) is 24.9 Å². The summed E-state index contributed by atoms with van der Waals surface area (Å²) in [5.41, 5.74) is 2.55. The molecule has 5 rings (SSSR count). The Balaban J connectivity index is 0.00000157. The maximum Gasteiger partial charge on any atom is 0.105 e. The summed E-state index contributed by atoms with van der Waals surface area (Å²) in [6.45, 7) is 2.96. The number of nitrogens with one attached hydrogen (secondary N) is 2. The summed E-state index contributed by atoms with van der Waals surface area (Å²) in [4.78, 5) is 5.42. The summed E-state index contributed by atoms with van der Waals surface area (Å²) in [5.74, 6) is 0. The van der Waals surface area contributed by atoms with E-state index in [1.165, 1.54) is 25.1 Å². The number of fused-ring (bicyclic) bond motifs is 2. The molecule has 4 nitrogen and oxygen atoms in total.